The van der Waals surface area contributed by atoms with Gasteiger partial charge in [-0.3, -0.25) is 5.11 Å². The van der Waals surface area contributed by atoms with Crippen LogP contribution in [0.15, 0.2) is 91.0 Å². The summed E-state index contributed by atoms with van der Waals surface area (Å²) in [7, 11) is 0. The van der Waals surface area contributed by atoms with E-state index in [1.54, 1.807) is 6.92 Å². The predicted molar refractivity (Wildman–Crippen MR) is 124 cm³/mol. The molecule has 4 rings (SSSR count). The molecule has 0 atom stereocenters. The van der Waals surface area contributed by atoms with Gasteiger partial charge in [0.25, 0.3) is 0 Å². The fourth-order valence-electron chi connectivity index (χ4n) is 3.56. The van der Waals surface area contributed by atoms with Crippen molar-refractivity contribution in [3.8, 4) is 28.7 Å². The summed E-state index contributed by atoms with van der Waals surface area (Å²) in [6.45, 7) is 4.15. The Morgan fingerprint density at radius 2 is 1.00 bits per heavy atom. The topological polar surface area (TPSA) is 47.6 Å². The van der Waals surface area contributed by atoms with Crippen LogP contribution in [0.25, 0.3) is 0 Å². The lowest BCUT2D eigenvalue weighted by molar-refractivity contribution is 0.268. The molecule has 0 spiro atoms. The molecule has 4 aromatic rings. The minimum absolute atomic E-state index is 0.0934. The highest BCUT2D eigenvalue weighted by molar-refractivity contribution is 5.58. The van der Waals surface area contributed by atoms with E-state index in [0.29, 0.717) is 28.4 Å². The Morgan fingerprint density at radius 3 is 1.50 bits per heavy atom. The van der Waals surface area contributed by atoms with Crippen molar-refractivity contribution in [3.05, 3.63) is 113 Å². The van der Waals surface area contributed by atoms with Gasteiger partial charge >= 0.3 is 0 Å². The van der Waals surface area contributed by atoms with E-state index in [4.69, 9.17) is 14.2 Å². The molecule has 161 valence electrons. The molecule has 4 heteroatoms. The summed E-state index contributed by atoms with van der Waals surface area (Å²) in [5, 5.41) is 13.4. The molecular formula is C28H25O4. The molecule has 0 saturated carbocycles. The van der Waals surface area contributed by atoms with Gasteiger partial charge in [0, 0.05) is 16.7 Å². The zero-order valence-corrected chi connectivity index (χ0v) is 18.2. The van der Waals surface area contributed by atoms with Crippen molar-refractivity contribution in [3.63, 3.8) is 0 Å². The molecule has 0 unspecified atom stereocenters. The zero-order valence-electron chi connectivity index (χ0n) is 18.2. The van der Waals surface area contributed by atoms with Crippen LogP contribution < -0.4 is 14.2 Å². The van der Waals surface area contributed by atoms with Crippen LogP contribution in [0.3, 0.4) is 0 Å². The van der Waals surface area contributed by atoms with Gasteiger partial charge in [-0.05, 0) is 55.8 Å². The Balaban J connectivity index is 1.70. The molecule has 0 aliphatic rings. The average Bonchev–Trinajstić information content (AvgIpc) is 2.84. The van der Waals surface area contributed by atoms with Crippen molar-refractivity contribution in [1.29, 1.82) is 0 Å². The highest BCUT2D eigenvalue weighted by Crippen LogP contribution is 2.41. The van der Waals surface area contributed by atoms with Gasteiger partial charge in [0.1, 0.15) is 36.2 Å². The van der Waals surface area contributed by atoms with Gasteiger partial charge in [-0.15, -0.1) is 0 Å². The Morgan fingerprint density at radius 1 is 0.562 bits per heavy atom. The van der Waals surface area contributed by atoms with Crippen molar-refractivity contribution in [2.45, 2.75) is 27.1 Å². The lowest BCUT2D eigenvalue weighted by Crippen LogP contribution is -2.09. The van der Waals surface area contributed by atoms with Gasteiger partial charge in [-0.25, -0.2) is 0 Å². The van der Waals surface area contributed by atoms with Crippen LogP contribution in [-0.2, 0) is 18.3 Å². The van der Waals surface area contributed by atoms with Gasteiger partial charge in [0.15, 0.2) is 5.75 Å². The van der Waals surface area contributed by atoms with Crippen LogP contribution in [0.4, 0.5) is 0 Å². The van der Waals surface area contributed by atoms with Crippen LogP contribution in [0.5, 0.6) is 28.7 Å². The van der Waals surface area contributed by atoms with E-state index < -0.39 is 0 Å². The molecule has 0 saturated heterocycles. The highest BCUT2D eigenvalue weighted by atomic mass is 16.5. The molecule has 0 aromatic heterocycles. The second-order valence-electron chi connectivity index (χ2n) is 7.48. The summed E-state index contributed by atoms with van der Waals surface area (Å²) in [6, 6.07) is 28.5. The van der Waals surface area contributed by atoms with E-state index in [1.165, 1.54) is 0 Å². The predicted octanol–water partition coefficient (Wildman–Crippen LogP) is 7.40. The van der Waals surface area contributed by atoms with Crippen molar-refractivity contribution in [2.75, 3.05) is 0 Å². The second-order valence-corrected chi connectivity index (χ2v) is 7.48. The summed E-state index contributed by atoms with van der Waals surface area (Å²) in [6.07, 6.45) is 0. The number of hydrogen-bond acceptors (Lipinski definition) is 3. The van der Waals surface area contributed by atoms with E-state index in [9.17, 15) is 5.11 Å². The van der Waals surface area contributed by atoms with Gasteiger partial charge in [-0.1, -0.05) is 54.6 Å². The fraction of sp³-hybridized carbons (Fsp3) is 0.143. The Kier molecular flexibility index (Phi) is 6.61. The third kappa shape index (κ3) is 4.86. The molecule has 4 aromatic carbocycles. The van der Waals surface area contributed by atoms with Crippen molar-refractivity contribution in [2.24, 2.45) is 0 Å². The normalized spacial score (nSPS) is 10.6. The Hall–Kier alpha value is -3.92. The van der Waals surface area contributed by atoms with E-state index >= 15 is 0 Å². The molecule has 0 aliphatic carbocycles. The maximum absolute atomic E-state index is 13.4. The van der Waals surface area contributed by atoms with Crippen molar-refractivity contribution in [1.82, 2.24) is 0 Å². The molecular weight excluding hydrogens is 400 g/mol. The van der Waals surface area contributed by atoms with Crippen molar-refractivity contribution < 1.29 is 19.3 Å². The first kappa shape index (κ1) is 21.3. The van der Waals surface area contributed by atoms with Gasteiger partial charge < -0.3 is 14.2 Å². The molecule has 4 nitrogen and oxygen atoms in total. The minimum atomic E-state index is -0.0934. The summed E-state index contributed by atoms with van der Waals surface area (Å²) >= 11 is 0. The summed E-state index contributed by atoms with van der Waals surface area (Å²) in [5.41, 5.74) is 2.79. The SMILES string of the molecule is Cc1c([O])c(COc2ccccc2)c(COc2ccccc2)c(C)c1Oc1ccccc1. The summed E-state index contributed by atoms with van der Waals surface area (Å²) in [4.78, 5) is 0. The van der Waals surface area contributed by atoms with E-state index in [1.807, 2.05) is 97.9 Å². The second kappa shape index (κ2) is 9.92. The monoisotopic (exact) mass is 425 g/mol. The number of rotatable bonds is 8. The van der Waals surface area contributed by atoms with Crippen LogP contribution >= 0.6 is 0 Å². The lowest BCUT2D eigenvalue weighted by atomic mass is 9.96. The van der Waals surface area contributed by atoms with Gasteiger partial charge in [-0.2, -0.15) is 0 Å². The quantitative estimate of drug-likeness (QED) is 0.295. The van der Waals surface area contributed by atoms with E-state index in [-0.39, 0.29) is 19.0 Å². The number of hydrogen-bond donors (Lipinski definition) is 0. The standard InChI is InChI=1S/C28H25O4/c1-20-25(18-30-22-12-6-3-7-13-22)26(19-31-23-14-8-4-9-15-23)27(29)21(2)28(20)32-24-16-10-5-11-17-24/h3-17H,18-19H2,1-2H3. The first-order valence-electron chi connectivity index (χ1n) is 10.5. The van der Waals surface area contributed by atoms with Gasteiger partial charge in [0.2, 0.25) is 0 Å². The summed E-state index contributed by atoms with van der Waals surface area (Å²) in [5.74, 6) is 2.60. The largest absolute Gasteiger partial charge is 0.489 e. The molecule has 1 radical (unpaired) electrons. The average molecular weight is 426 g/mol. The summed E-state index contributed by atoms with van der Waals surface area (Å²) < 4.78 is 18.1. The first-order chi connectivity index (χ1) is 15.6. The molecule has 0 heterocycles. The van der Waals surface area contributed by atoms with Crippen LogP contribution in [0.2, 0.25) is 0 Å². The maximum atomic E-state index is 13.4. The molecule has 32 heavy (non-hydrogen) atoms. The third-order valence-corrected chi connectivity index (χ3v) is 5.33. The molecule has 0 bridgehead atoms. The number of para-hydroxylation sites is 3. The zero-order chi connectivity index (χ0) is 22.3. The highest BCUT2D eigenvalue weighted by Gasteiger charge is 2.23. The van der Waals surface area contributed by atoms with Crippen LogP contribution in [-0.4, -0.2) is 0 Å². The van der Waals surface area contributed by atoms with Crippen LogP contribution in [0, 0.1) is 13.8 Å². The van der Waals surface area contributed by atoms with E-state index in [0.717, 1.165) is 16.9 Å². The first-order valence-corrected chi connectivity index (χ1v) is 10.5. The Bertz CT molecular complexity index is 1160. The molecule has 0 fully saturated rings. The van der Waals surface area contributed by atoms with E-state index in [2.05, 4.69) is 0 Å². The number of ether oxygens (including phenoxy) is 3. The van der Waals surface area contributed by atoms with Crippen molar-refractivity contribution >= 4 is 0 Å². The Labute approximate surface area is 188 Å². The van der Waals surface area contributed by atoms with Crippen LogP contribution in [0.1, 0.15) is 22.3 Å². The molecule has 0 aliphatic heterocycles. The lowest BCUT2D eigenvalue weighted by Gasteiger charge is -2.21. The number of benzene rings is 4. The third-order valence-electron chi connectivity index (χ3n) is 5.33. The fourth-order valence-corrected chi connectivity index (χ4v) is 3.56. The molecule has 0 N–H and O–H groups in total. The smallest absolute Gasteiger partial charge is 0.192 e. The van der Waals surface area contributed by atoms with Gasteiger partial charge in [0.05, 0.1) is 0 Å². The molecule has 0 amide bonds. The minimum Gasteiger partial charge on any atom is -0.489 e. The maximum Gasteiger partial charge on any atom is 0.192 e.